The maximum absolute atomic E-state index is 13.9. The molecule has 184 valence electrons. The first kappa shape index (κ1) is 24.5. The van der Waals surface area contributed by atoms with Crippen molar-refractivity contribution in [3.63, 3.8) is 0 Å². The third-order valence-corrected chi connectivity index (χ3v) is 10.3. The maximum Gasteiger partial charge on any atom is 0.244 e. The molecule has 0 radical (unpaired) electrons. The van der Waals surface area contributed by atoms with Gasteiger partial charge in [-0.15, -0.1) is 11.3 Å². The van der Waals surface area contributed by atoms with Gasteiger partial charge in [0.2, 0.25) is 15.9 Å². The highest BCUT2D eigenvalue weighted by Crippen LogP contribution is 2.39. The number of nitrogens with zero attached hydrogens (tertiary/aromatic N) is 2. The Morgan fingerprint density at radius 2 is 1.74 bits per heavy atom. The van der Waals surface area contributed by atoms with E-state index in [0.29, 0.717) is 16.5 Å². The summed E-state index contributed by atoms with van der Waals surface area (Å²) in [4.78, 5) is 17.3. The molecule has 2 heterocycles. The molecule has 0 N–H and O–H groups in total. The Hall–Kier alpha value is -2.19. The van der Waals surface area contributed by atoms with Crippen LogP contribution in [0.25, 0.3) is 0 Å². The molecule has 0 spiro atoms. The van der Waals surface area contributed by atoms with E-state index in [2.05, 4.69) is 11.4 Å². The predicted molar refractivity (Wildman–Crippen MR) is 141 cm³/mol. The molecule has 1 aliphatic carbocycles. The van der Waals surface area contributed by atoms with Gasteiger partial charge in [-0.1, -0.05) is 41.4 Å². The lowest BCUT2D eigenvalue weighted by Crippen LogP contribution is -2.47. The number of benzene rings is 2. The zero-order valence-electron chi connectivity index (χ0n) is 20.1. The molecule has 1 amide bonds. The van der Waals surface area contributed by atoms with Crippen molar-refractivity contribution < 1.29 is 13.2 Å². The summed E-state index contributed by atoms with van der Waals surface area (Å²) < 4.78 is 29.2. The Labute approximate surface area is 216 Å². The van der Waals surface area contributed by atoms with Crippen LogP contribution in [0.15, 0.2) is 52.7 Å². The average Bonchev–Trinajstić information content (AvgIpc) is 3.51. The molecule has 2 aliphatic rings. The Bertz CT molecular complexity index is 1350. The van der Waals surface area contributed by atoms with Gasteiger partial charge in [-0.05, 0) is 85.9 Å². The summed E-state index contributed by atoms with van der Waals surface area (Å²) in [6.45, 7) is 6.03. The van der Waals surface area contributed by atoms with Gasteiger partial charge in [-0.25, -0.2) is 8.42 Å². The highest BCUT2D eigenvalue weighted by atomic mass is 35.5. The first-order valence-corrected chi connectivity index (χ1v) is 14.6. The van der Waals surface area contributed by atoms with Gasteiger partial charge in [0.25, 0.3) is 0 Å². The number of carbonyl (C=O) groups excluding carboxylic acids is 1. The van der Waals surface area contributed by atoms with E-state index in [1.165, 1.54) is 9.18 Å². The number of halogens is 1. The van der Waals surface area contributed by atoms with E-state index in [9.17, 15) is 13.2 Å². The lowest BCUT2D eigenvalue weighted by atomic mass is 9.93. The predicted octanol–water partition coefficient (Wildman–Crippen LogP) is 5.65. The molecule has 5 nitrogen and oxygen atoms in total. The molecule has 35 heavy (non-hydrogen) atoms. The number of fused-ring (bicyclic) bond motifs is 1. The van der Waals surface area contributed by atoms with Crippen molar-refractivity contribution in [2.75, 3.05) is 13.1 Å². The summed E-state index contributed by atoms with van der Waals surface area (Å²) in [5.41, 5.74) is 4.57. The van der Waals surface area contributed by atoms with E-state index in [4.69, 9.17) is 11.6 Å². The lowest BCUT2D eigenvalue weighted by Gasteiger charge is -2.37. The summed E-state index contributed by atoms with van der Waals surface area (Å²) in [6.07, 6.45) is 2.34. The molecule has 1 saturated carbocycles. The van der Waals surface area contributed by atoms with Gasteiger partial charge in [0.05, 0.1) is 17.5 Å². The van der Waals surface area contributed by atoms with Crippen molar-refractivity contribution in [1.29, 1.82) is 0 Å². The van der Waals surface area contributed by atoms with Crippen LogP contribution in [0.4, 0.5) is 0 Å². The first-order valence-electron chi connectivity index (χ1n) is 11.9. The van der Waals surface area contributed by atoms with Crippen LogP contribution >= 0.6 is 22.9 Å². The quantitative estimate of drug-likeness (QED) is 0.415. The highest BCUT2D eigenvalue weighted by Gasteiger charge is 2.42. The van der Waals surface area contributed by atoms with Gasteiger partial charge in [-0.3, -0.25) is 4.79 Å². The second-order valence-electron chi connectivity index (χ2n) is 9.60. The average molecular weight is 529 g/mol. The number of sulfonamides is 1. The number of amides is 1. The van der Waals surface area contributed by atoms with Crippen LogP contribution in [-0.2, 0) is 21.2 Å². The SMILES string of the molecule is Cc1cc(C)c(S(=O)(=O)N(CC(=O)N2CCc3sccc3C2c2ccc(Cl)cc2)C2CC2)c(C)c1. The molecule has 1 unspecified atom stereocenters. The molecule has 1 atom stereocenters. The second kappa shape index (κ2) is 9.36. The number of rotatable bonds is 6. The van der Waals surface area contributed by atoms with Crippen molar-refractivity contribution in [1.82, 2.24) is 9.21 Å². The molecule has 0 bridgehead atoms. The fraction of sp³-hybridized carbons (Fsp3) is 0.370. The van der Waals surface area contributed by atoms with Crippen molar-refractivity contribution in [2.24, 2.45) is 0 Å². The lowest BCUT2D eigenvalue weighted by molar-refractivity contribution is -0.133. The van der Waals surface area contributed by atoms with Crippen LogP contribution < -0.4 is 0 Å². The van der Waals surface area contributed by atoms with Crippen LogP contribution in [0, 0.1) is 20.8 Å². The van der Waals surface area contributed by atoms with Crippen molar-refractivity contribution in [2.45, 2.75) is 57.0 Å². The van der Waals surface area contributed by atoms with Crippen LogP contribution in [0.5, 0.6) is 0 Å². The summed E-state index contributed by atoms with van der Waals surface area (Å²) in [5.74, 6) is -0.167. The second-order valence-corrected chi connectivity index (χ2v) is 12.9. The van der Waals surface area contributed by atoms with Gasteiger partial charge in [0, 0.05) is 22.5 Å². The Balaban J connectivity index is 1.49. The molecule has 5 rings (SSSR count). The van der Waals surface area contributed by atoms with Gasteiger partial charge in [-0.2, -0.15) is 4.31 Å². The van der Waals surface area contributed by atoms with Crippen LogP contribution in [0.1, 0.15) is 51.6 Å². The molecular formula is C27H29ClN2O3S2. The number of hydrogen-bond acceptors (Lipinski definition) is 4. The largest absolute Gasteiger partial charge is 0.330 e. The molecule has 0 saturated heterocycles. The van der Waals surface area contributed by atoms with E-state index in [-0.39, 0.29) is 24.5 Å². The van der Waals surface area contributed by atoms with Gasteiger partial charge < -0.3 is 4.90 Å². The molecule has 2 aromatic carbocycles. The molecule has 1 aliphatic heterocycles. The monoisotopic (exact) mass is 528 g/mol. The zero-order valence-corrected chi connectivity index (χ0v) is 22.5. The molecule has 1 fully saturated rings. The number of thiophene rings is 1. The number of aryl methyl sites for hydroxylation is 3. The van der Waals surface area contributed by atoms with Gasteiger partial charge in [0.1, 0.15) is 0 Å². The van der Waals surface area contributed by atoms with Crippen LogP contribution in [-0.4, -0.2) is 42.7 Å². The first-order chi connectivity index (χ1) is 16.7. The third kappa shape index (κ3) is 4.67. The summed E-state index contributed by atoms with van der Waals surface area (Å²) in [7, 11) is -3.82. The fourth-order valence-corrected chi connectivity index (χ4v) is 8.36. The Morgan fingerprint density at radius 1 is 1.09 bits per heavy atom. The number of carbonyl (C=O) groups is 1. The van der Waals surface area contributed by atoms with Gasteiger partial charge >= 0.3 is 0 Å². The molecule has 1 aromatic heterocycles. The van der Waals surface area contributed by atoms with E-state index in [1.54, 1.807) is 11.3 Å². The van der Waals surface area contributed by atoms with Crippen LogP contribution in [0.2, 0.25) is 5.02 Å². The topological polar surface area (TPSA) is 57.7 Å². The van der Waals surface area contributed by atoms with Crippen molar-refractivity contribution in [3.8, 4) is 0 Å². The molecular weight excluding hydrogens is 500 g/mol. The Morgan fingerprint density at radius 3 is 2.37 bits per heavy atom. The Kier molecular flexibility index (Phi) is 6.55. The minimum absolute atomic E-state index is 0.125. The van der Waals surface area contributed by atoms with Gasteiger partial charge in [0.15, 0.2) is 0 Å². The standard InChI is InChI=1S/C27H29ClN2O3S2/c1-17-14-18(2)27(19(3)15-17)35(32,33)30(22-8-9-22)16-25(31)29-12-10-24-23(11-13-34-24)26(29)20-4-6-21(28)7-5-20/h4-7,11,13-15,22,26H,8-10,12,16H2,1-3H3. The van der Waals surface area contributed by atoms with Crippen molar-refractivity contribution >= 4 is 38.9 Å². The summed E-state index contributed by atoms with van der Waals surface area (Å²) in [5, 5.41) is 2.70. The molecule has 8 heteroatoms. The zero-order chi connectivity index (χ0) is 24.9. The smallest absolute Gasteiger partial charge is 0.244 e. The summed E-state index contributed by atoms with van der Waals surface area (Å²) in [6, 6.07) is 13.1. The maximum atomic E-state index is 13.9. The third-order valence-electron chi connectivity index (χ3n) is 6.89. The summed E-state index contributed by atoms with van der Waals surface area (Å²) >= 11 is 7.84. The van der Waals surface area contributed by atoms with E-state index in [0.717, 1.165) is 47.1 Å². The normalized spacial score (nSPS) is 18.1. The molecule has 3 aromatic rings. The van der Waals surface area contributed by atoms with Crippen molar-refractivity contribution in [3.05, 3.63) is 85.6 Å². The van der Waals surface area contributed by atoms with E-state index >= 15 is 0 Å². The fourth-order valence-electron chi connectivity index (χ4n) is 5.28. The minimum Gasteiger partial charge on any atom is -0.330 e. The van der Waals surface area contributed by atoms with E-state index in [1.807, 2.05) is 62.1 Å². The number of hydrogen-bond donors (Lipinski definition) is 0. The highest BCUT2D eigenvalue weighted by molar-refractivity contribution is 7.89. The van der Waals surface area contributed by atoms with Crippen LogP contribution in [0.3, 0.4) is 0 Å². The minimum atomic E-state index is -3.82. The van der Waals surface area contributed by atoms with E-state index < -0.39 is 10.0 Å².